The Morgan fingerprint density at radius 1 is 1.62 bits per heavy atom. The van der Waals surface area contributed by atoms with Crippen molar-refractivity contribution in [3.63, 3.8) is 0 Å². The van der Waals surface area contributed by atoms with Crippen molar-refractivity contribution >= 4 is 5.91 Å². The van der Waals surface area contributed by atoms with Crippen LogP contribution in [0, 0.1) is 5.92 Å². The van der Waals surface area contributed by atoms with Gasteiger partial charge in [-0.1, -0.05) is 0 Å². The Balaban J connectivity index is 1.87. The average Bonchev–Trinajstić information content (AvgIpc) is 2.80. The van der Waals surface area contributed by atoms with E-state index in [1.165, 1.54) is 6.20 Å². The fraction of sp³-hybridized carbons (Fsp3) is 0.455. The lowest BCUT2D eigenvalue weighted by molar-refractivity contribution is 0.1000. The molecule has 2 heterocycles. The van der Waals surface area contributed by atoms with Crippen LogP contribution in [0.3, 0.4) is 0 Å². The summed E-state index contributed by atoms with van der Waals surface area (Å²) in [6.45, 7) is 2.72. The molecule has 0 spiro atoms. The van der Waals surface area contributed by atoms with Crippen LogP contribution in [0.25, 0.3) is 0 Å². The van der Waals surface area contributed by atoms with Gasteiger partial charge in [0.25, 0.3) is 0 Å². The lowest BCUT2D eigenvalue weighted by Gasteiger charge is -2.09. The van der Waals surface area contributed by atoms with Crippen molar-refractivity contribution in [2.45, 2.75) is 6.42 Å². The van der Waals surface area contributed by atoms with Crippen molar-refractivity contribution in [2.75, 3.05) is 19.7 Å². The smallest absolute Gasteiger partial charge is 0.250 e. The highest BCUT2D eigenvalue weighted by atomic mass is 16.5. The maximum absolute atomic E-state index is 10.8. The predicted molar refractivity (Wildman–Crippen MR) is 59.2 cm³/mol. The Morgan fingerprint density at radius 3 is 3.06 bits per heavy atom. The molecule has 0 radical (unpaired) electrons. The monoisotopic (exact) mass is 221 g/mol. The first kappa shape index (κ1) is 10.9. The Hall–Kier alpha value is -1.62. The van der Waals surface area contributed by atoms with E-state index in [2.05, 4.69) is 10.3 Å². The zero-order chi connectivity index (χ0) is 11.4. The molecule has 0 aromatic carbocycles. The number of nitrogens with two attached hydrogens (primary N) is 1. The fourth-order valence-electron chi connectivity index (χ4n) is 1.67. The van der Waals surface area contributed by atoms with Crippen molar-refractivity contribution in [3.05, 3.63) is 23.9 Å². The zero-order valence-corrected chi connectivity index (χ0v) is 8.98. The third kappa shape index (κ3) is 2.70. The molecule has 1 aromatic rings. The van der Waals surface area contributed by atoms with Crippen molar-refractivity contribution in [1.29, 1.82) is 0 Å². The maximum Gasteiger partial charge on any atom is 0.250 e. The first-order valence-corrected chi connectivity index (χ1v) is 5.35. The van der Waals surface area contributed by atoms with Crippen LogP contribution in [0.15, 0.2) is 18.3 Å². The van der Waals surface area contributed by atoms with Gasteiger partial charge in [-0.2, -0.15) is 0 Å². The van der Waals surface area contributed by atoms with E-state index in [-0.39, 0.29) is 0 Å². The normalized spacial score (nSPS) is 19.6. The third-order valence-electron chi connectivity index (χ3n) is 2.65. The van der Waals surface area contributed by atoms with Crippen molar-refractivity contribution in [3.8, 4) is 5.88 Å². The SMILES string of the molecule is NC(=O)c1ccc(OCC2CCNC2)nc1. The summed E-state index contributed by atoms with van der Waals surface area (Å²) in [5.41, 5.74) is 5.51. The highest BCUT2D eigenvalue weighted by Gasteiger charge is 2.15. The van der Waals surface area contributed by atoms with E-state index < -0.39 is 5.91 Å². The largest absolute Gasteiger partial charge is 0.477 e. The Labute approximate surface area is 94.0 Å². The summed E-state index contributed by atoms with van der Waals surface area (Å²) >= 11 is 0. The van der Waals surface area contributed by atoms with Gasteiger partial charge in [0.05, 0.1) is 12.2 Å². The molecule has 1 unspecified atom stereocenters. The van der Waals surface area contributed by atoms with E-state index in [1.807, 2.05) is 0 Å². The van der Waals surface area contributed by atoms with Crippen LogP contribution in [-0.4, -0.2) is 30.6 Å². The van der Waals surface area contributed by atoms with Crippen LogP contribution in [0.2, 0.25) is 0 Å². The van der Waals surface area contributed by atoms with Gasteiger partial charge in [-0.25, -0.2) is 4.98 Å². The van der Waals surface area contributed by atoms with E-state index in [9.17, 15) is 4.79 Å². The number of hydrogen-bond donors (Lipinski definition) is 2. The molecule has 0 aliphatic carbocycles. The summed E-state index contributed by atoms with van der Waals surface area (Å²) in [4.78, 5) is 14.8. The molecule has 2 rings (SSSR count). The summed E-state index contributed by atoms with van der Waals surface area (Å²) in [6, 6.07) is 3.29. The predicted octanol–water partition coefficient (Wildman–Crippen LogP) is 0.169. The van der Waals surface area contributed by atoms with Crippen LogP contribution in [0.5, 0.6) is 5.88 Å². The minimum atomic E-state index is -0.473. The molecule has 1 fully saturated rings. The van der Waals surface area contributed by atoms with Crippen LogP contribution in [0.4, 0.5) is 0 Å². The van der Waals surface area contributed by atoms with Crippen molar-refractivity contribution < 1.29 is 9.53 Å². The number of ether oxygens (including phenoxy) is 1. The molecule has 1 aromatic heterocycles. The standard InChI is InChI=1S/C11H15N3O2/c12-11(15)9-1-2-10(14-6-9)16-7-8-3-4-13-5-8/h1-2,6,8,13H,3-5,7H2,(H2,12,15). The molecule has 3 N–H and O–H groups in total. The van der Waals surface area contributed by atoms with E-state index in [4.69, 9.17) is 10.5 Å². The van der Waals surface area contributed by atoms with Crippen molar-refractivity contribution in [2.24, 2.45) is 11.7 Å². The van der Waals surface area contributed by atoms with Gasteiger partial charge in [0.2, 0.25) is 11.8 Å². The summed E-state index contributed by atoms with van der Waals surface area (Å²) in [5, 5.41) is 3.27. The van der Waals surface area contributed by atoms with Gasteiger partial charge in [-0.15, -0.1) is 0 Å². The van der Waals surface area contributed by atoms with Crippen LogP contribution in [0.1, 0.15) is 16.8 Å². The zero-order valence-electron chi connectivity index (χ0n) is 8.98. The Morgan fingerprint density at radius 2 is 2.50 bits per heavy atom. The van der Waals surface area contributed by atoms with Crippen molar-refractivity contribution in [1.82, 2.24) is 10.3 Å². The average molecular weight is 221 g/mol. The number of primary amides is 1. The van der Waals surface area contributed by atoms with E-state index in [0.717, 1.165) is 19.5 Å². The second-order valence-corrected chi connectivity index (χ2v) is 3.92. The fourth-order valence-corrected chi connectivity index (χ4v) is 1.67. The van der Waals surface area contributed by atoms with E-state index in [1.54, 1.807) is 12.1 Å². The molecule has 5 heteroatoms. The molecule has 0 bridgehead atoms. The maximum atomic E-state index is 10.8. The van der Waals surface area contributed by atoms with Gasteiger partial charge in [-0.3, -0.25) is 4.79 Å². The van der Waals surface area contributed by atoms with E-state index >= 15 is 0 Å². The molecular weight excluding hydrogens is 206 g/mol. The molecular formula is C11H15N3O2. The lowest BCUT2D eigenvalue weighted by atomic mass is 10.1. The molecule has 1 atom stereocenters. The Kier molecular flexibility index (Phi) is 3.36. The topological polar surface area (TPSA) is 77.2 Å². The van der Waals surface area contributed by atoms with Gasteiger partial charge < -0.3 is 15.8 Å². The number of aromatic nitrogens is 1. The Bertz CT molecular complexity index is 358. The summed E-state index contributed by atoms with van der Waals surface area (Å²) in [6.07, 6.45) is 2.57. The van der Waals surface area contributed by atoms with Gasteiger partial charge >= 0.3 is 0 Å². The molecule has 5 nitrogen and oxygen atoms in total. The minimum absolute atomic E-state index is 0.398. The number of rotatable bonds is 4. The van der Waals surface area contributed by atoms with Gasteiger partial charge in [0.1, 0.15) is 0 Å². The van der Waals surface area contributed by atoms with Gasteiger partial charge in [0.15, 0.2) is 0 Å². The number of amides is 1. The van der Waals surface area contributed by atoms with Crippen LogP contribution < -0.4 is 15.8 Å². The number of nitrogens with zero attached hydrogens (tertiary/aromatic N) is 1. The quantitative estimate of drug-likeness (QED) is 0.759. The van der Waals surface area contributed by atoms with Gasteiger partial charge in [0, 0.05) is 24.7 Å². The van der Waals surface area contributed by atoms with Gasteiger partial charge in [-0.05, 0) is 19.0 Å². The number of carbonyl (C=O) groups excluding carboxylic acids is 1. The van der Waals surface area contributed by atoms with E-state index in [0.29, 0.717) is 24.0 Å². The molecule has 1 aliphatic rings. The lowest BCUT2D eigenvalue weighted by Crippen LogP contribution is -2.16. The molecule has 1 amide bonds. The summed E-state index contributed by atoms with van der Waals surface area (Å²) in [5.74, 6) is 0.619. The highest BCUT2D eigenvalue weighted by molar-refractivity contribution is 5.92. The highest BCUT2D eigenvalue weighted by Crippen LogP contribution is 2.12. The molecule has 16 heavy (non-hydrogen) atoms. The second-order valence-electron chi connectivity index (χ2n) is 3.92. The first-order valence-electron chi connectivity index (χ1n) is 5.35. The number of nitrogens with one attached hydrogen (secondary N) is 1. The molecule has 1 aliphatic heterocycles. The number of pyridine rings is 1. The summed E-state index contributed by atoms with van der Waals surface area (Å²) in [7, 11) is 0. The molecule has 1 saturated heterocycles. The minimum Gasteiger partial charge on any atom is -0.477 e. The molecule has 0 saturated carbocycles. The molecule has 86 valence electrons. The van der Waals surface area contributed by atoms with Crippen LogP contribution >= 0.6 is 0 Å². The van der Waals surface area contributed by atoms with Crippen LogP contribution in [-0.2, 0) is 0 Å². The number of carbonyl (C=O) groups is 1. The summed E-state index contributed by atoms with van der Waals surface area (Å²) < 4.78 is 5.52. The second kappa shape index (κ2) is 4.94. The third-order valence-corrected chi connectivity index (χ3v) is 2.65. The first-order chi connectivity index (χ1) is 7.75. The number of hydrogen-bond acceptors (Lipinski definition) is 4.